The van der Waals surface area contributed by atoms with Crippen molar-refractivity contribution in [1.82, 2.24) is 20.2 Å². The molecule has 0 radical (unpaired) electrons. The Morgan fingerprint density at radius 3 is 2.89 bits per heavy atom. The van der Waals surface area contributed by atoms with Gasteiger partial charge in [0.25, 0.3) is 0 Å². The number of rotatable bonds is 5. The zero-order chi connectivity index (χ0) is 13.8. The molecule has 6 nitrogen and oxygen atoms in total. The van der Waals surface area contributed by atoms with E-state index < -0.39 is 0 Å². The van der Waals surface area contributed by atoms with Gasteiger partial charge in [0.15, 0.2) is 5.82 Å². The number of hydrogen-bond acceptors (Lipinski definition) is 5. The Morgan fingerprint density at radius 2 is 2.21 bits per heavy atom. The predicted molar refractivity (Wildman–Crippen MR) is 68.9 cm³/mol. The zero-order valence-corrected chi connectivity index (χ0v) is 10.9. The fourth-order valence-corrected chi connectivity index (χ4v) is 1.69. The molecule has 1 heterocycles. The van der Waals surface area contributed by atoms with Crippen molar-refractivity contribution in [3.05, 3.63) is 23.5 Å². The predicted octanol–water partition coefficient (Wildman–Crippen LogP) is 1.41. The molecule has 0 aliphatic rings. The summed E-state index contributed by atoms with van der Waals surface area (Å²) in [7, 11) is 0. The van der Waals surface area contributed by atoms with Crippen molar-refractivity contribution in [2.45, 2.75) is 20.4 Å². The van der Waals surface area contributed by atoms with Crippen molar-refractivity contribution in [2.24, 2.45) is 0 Å². The number of halogens is 1. The fourth-order valence-electron chi connectivity index (χ4n) is 1.69. The summed E-state index contributed by atoms with van der Waals surface area (Å²) in [5.74, 6) is 0.111. The van der Waals surface area contributed by atoms with Gasteiger partial charge in [0.2, 0.25) is 0 Å². The molecule has 0 saturated heterocycles. The number of anilines is 1. The van der Waals surface area contributed by atoms with Gasteiger partial charge in [0.05, 0.1) is 13.2 Å². The number of nitrogens with two attached hydrogens (primary N) is 1. The highest BCUT2D eigenvalue weighted by Gasteiger charge is 2.12. The molecule has 0 unspecified atom stereocenters. The number of hydrogen-bond donors (Lipinski definition) is 1. The lowest BCUT2D eigenvalue weighted by Crippen LogP contribution is -2.09. The Labute approximate surface area is 110 Å². The maximum absolute atomic E-state index is 13.7. The van der Waals surface area contributed by atoms with Crippen molar-refractivity contribution in [3.63, 3.8) is 0 Å². The van der Waals surface area contributed by atoms with E-state index in [1.54, 1.807) is 17.7 Å². The SMILES string of the molecule is CCOCCn1nnnc1-c1cc(N)c(C)c(F)c1. The normalized spacial score (nSPS) is 10.9. The van der Waals surface area contributed by atoms with Gasteiger partial charge in [-0.25, -0.2) is 9.07 Å². The second kappa shape index (κ2) is 5.75. The van der Waals surface area contributed by atoms with Crippen LogP contribution in [0.25, 0.3) is 11.4 Å². The van der Waals surface area contributed by atoms with Crippen molar-refractivity contribution in [3.8, 4) is 11.4 Å². The van der Waals surface area contributed by atoms with E-state index in [-0.39, 0.29) is 5.82 Å². The Bertz CT molecular complexity index is 546. The van der Waals surface area contributed by atoms with Gasteiger partial charge in [-0.05, 0) is 36.4 Å². The molecular weight excluding hydrogens is 249 g/mol. The molecular formula is C12H16FN5O. The fraction of sp³-hybridized carbons (Fsp3) is 0.417. The van der Waals surface area contributed by atoms with Crippen LogP contribution in [0.5, 0.6) is 0 Å². The van der Waals surface area contributed by atoms with Crippen LogP contribution in [0.1, 0.15) is 12.5 Å². The minimum atomic E-state index is -0.366. The van der Waals surface area contributed by atoms with Gasteiger partial charge in [-0.1, -0.05) is 0 Å². The van der Waals surface area contributed by atoms with E-state index in [4.69, 9.17) is 10.5 Å². The van der Waals surface area contributed by atoms with Crippen molar-refractivity contribution >= 4 is 5.69 Å². The van der Waals surface area contributed by atoms with E-state index in [2.05, 4.69) is 15.5 Å². The molecule has 0 spiro atoms. The average Bonchev–Trinajstić information content (AvgIpc) is 2.84. The standard InChI is InChI=1S/C12H16FN5O/c1-3-19-5-4-18-12(15-16-17-18)9-6-10(13)8(2)11(14)7-9/h6-7H,3-5,14H2,1-2H3. The minimum absolute atomic E-state index is 0.366. The van der Waals surface area contributed by atoms with Crippen LogP contribution < -0.4 is 5.73 Å². The summed E-state index contributed by atoms with van der Waals surface area (Å²) in [4.78, 5) is 0. The molecule has 0 aliphatic heterocycles. The smallest absolute Gasteiger partial charge is 0.182 e. The van der Waals surface area contributed by atoms with Crippen LogP contribution >= 0.6 is 0 Å². The van der Waals surface area contributed by atoms with E-state index >= 15 is 0 Å². The average molecular weight is 265 g/mol. The summed E-state index contributed by atoms with van der Waals surface area (Å²) < 4.78 is 20.5. The third-order valence-corrected chi connectivity index (χ3v) is 2.83. The van der Waals surface area contributed by atoms with E-state index in [9.17, 15) is 4.39 Å². The Kier molecular flexibility index (Phi) is 4.06. The summed E-state index contributed by atoms with van der Waals surface area (Å²) in [5, 5.41) is 11.4. The van der Waals surface area contributed by atoms with Gasteiger partial charge in [-0.3, -0.25) is 0 Å². The first kappa shape index (κ1) is 13.4. The second-order valence-electron chi connectivity index (χ2n) is 4.09. The number of aromatic nitrogens is 4. The molecule has 2 rings (SSSR count). The summed E-state index contributed by atoms with van der Waals surface area (Å²) in [5.41, 5.74) is 7.13. The first-order chi connectivity index (χ1) is 9.13. The number of ether oxygens (including phenoxy) is 1. The molecule has 19 heavy (non-hydrogen) atoms. The number of benzene rings is 1. The lowest BCUT2D eigenvalue weighted by atomic mass is 10.1. The summed E-state index contributed by atoms with van der Waals surface area (Å²) in [6.45, 7) is 5.18. The Balaban J connectivity index is 2.29. The first-order valence-corrected chi connectivity index (χ1v) is 6.03. The lowest BCUT2D eigenvalue weighted by molar-refractivity contribution is 0.136. The zero-order valence-electron chi connectivity index (χ0n) is 10.9. The lowest BCUT2D eigenvalue weighted by Gasteiger charge is -2.07. The summed E-state index contributed by atoms with van der Waals surface area (Å²) in [6.07, 6.45) is 0. The Morgan fingerprint density at radius 1 is 1.42 bits per heavy atom. The highest BCUT2D eigenvalue weighted by Crippen LogP contribution is 2.24. The molecule has 0 fully saturated rings. The van der Waals surface area contributed by atoms with Gasteiger partial charge in [0, 0.05) is 23.4 Å². The molecule has 102 valence electrons. The van der Waals surface area contributed by atoms with Crippen molar-refractivity contribution in [2.75, 3.05) is 18.9 Å². The van der Waals surface area contributed by atoms with Crippen molar-refractivity contribution in [1.29, 1.82) is 0 Å². The van der Waals surface area contributed by atoms with Crippen LogP contribution in [-0.4, -0.2) is 33.4 Å². The monoisotopic (exact) mass is 265 g/mol. The maximum atomic E-state index is 13.7. The maximum Gasteiger partial charge on any atom is 0.182 e. The summed E-state index contributed by atoms with van der Waals surface area (Å²) >= 11 is 0. The first-order valence-electron chi connectivity index (χ1n) is 6.03. The number of nitrogens with zero attached hydrogens (tertiary/aromatic N) is 4. The van der Waals surface area contributed by atoms with Crippen LogP contribution in [0.3, 0.4) is 0 Å². The third-order valence-electron chi connectivity index (χ3n) is 2.83. The highest BCUT2D eigenvalue weighted by molar-refractivity contribution is 5.63. The molecule has 0 atom stereocenters. The van der Waals surface area contributed by atoms with Crippen LogP contribution in [0, 0.1) is 12.7 Å². The molecule has 0 amide bonds. The van der Waals surface area contributed by atoms with Gasteiger partial charge in [-0.2, -0.15) is 0 Å². The Hall–Kier alpha value is -2.02. The third kappa shape index (κ3) is 2.87. The van der Waals surface area contributed by atoms with Crippen molar-refractivity contribution < 1.29 is 9.13 Å². The molecule has 0 saturated carbocycles. The van der Waals surface area contributed by atoms with E-state index in [1.807, 2.05) is 6.92 Å². The molecule has 2 aromatic rings. The number of nitrogen functional groups attached to an aromatic ring is 1. The molecule has 2 N–H and O–H groups in total. The highest BCUT2D eigenvalue weighted by atomic mass is 19.1. The van der Waals surface area contributed by atoms with E-state index in [0.717, 1.165) is 0 Å². The van der Waals surface area contributed by atoms with Crippen LogP contribution in [-0.2, 0) is 11.3 Å². The minimum Gasteiger partial charge on any atom is -0.398 e. The van der Waals surface area contributed by atoms with Crippen LogP contribution in [0.4, 0.5) is 10.1 Å². The number of tetrazole rings is 1. The quantitative estimate of drug-likeness (QED) is 0.653. The van der Waals surface area contributed by atoms with E-state index in [0.29, 0.717) is 42.4 Å². The van der Waals surface area contributed by atoms with Gasteiger partial charge >= 0.3 is 0 Å². The van der Waals surface area contributed by atoms with Gasteiger partial charge in [-0.15, -0.1) is 5.10 Å². The van der Waals surface area contributed by atoms with E-state index in [1.165, 1.54) is 6.07 Å². The molecule has 1 aromatic heterocycles. The van der Waals surface area contributed by atoms with Gasteiger partial charge in [0.1, 0.15) is 5.82 Å². The van der Waals surface area contributed by atoms with Crippen LogP contribution in [0.2, 0.25) is 0 Å². The van der Waals surface area contributed by atoms with Crippen LogP contribution in [0.15, 0.2) is 12.1 Å². The summed E-state index contributed by atoms with van der Waals surface area (Å²) in [6, 6.07) is 3.05. The molecule has 0 aliphatic carbocycles. The van der Waals surface area contributed by atoms with Gasteiger partial charge < -0.3 is 10.5 Å². The molecule has 0 bridgehead atoms. The largest absolute Gasteiger partial charge is 0.398 e. The second-order valence-corrected chi connectivity index (χ2v) is 4.09. The topological polar surface area (TPSA) is 78.8 Å². The molecule has 1 aromatic carbocycles. The molecule has 7 heteroatoms.